The molecule has 1 atom stereocenters. The minimum atomic E-state index is -1.21. The van der Waals surface area contributed by atoms with Crippen LogP contribution in [0.5, 0.6) is 5.75 Å². The molecule has 2 aromatic carbocycles. The van der Waals surface area contributed by atoms with E-state index in [0.29, 0.717) is 5.75 Å². The molecule has 1 unspecified atom stereocenters. The molecule has 0 aliphatic carbocycles. The third-order valence-corrected chi connectivity index (χ3v) is 3.67. The highest BCUT2D eigenvalue weighted by molar-refractivity contribution is 6.22. The van der Waals surface area contributed by atoms with Crippen molar-refractivity contribution in [3.8, 4) is 5.75 Å². The summed E-state index contributed by atoms with van der Waals surface area (Å²) >= 11 is 5.55. The van der Waals surface area contributed by atoms with Crippen molar-refractivity contribution in [3.63, 3.8) is 0 Å². The van der Waals surface area contributed by atoms with E-state index in [-0.39, 0.29) is 0 Å². The standard InChI is InChI=1S/C17H19ClN2O2/c1-17(16(21)19-18,13-8-5-4-6-9-13)22-15-11-7-10-14(12-15)20(2)3/h4-12H,1-3H3,(H,19,21). The molecule has 0 aliphatic heterocycles. The highest BCUT2D eigenvalue weighted by Crippen LogP contribution is 2.30. The zero-order chi connectivity index (χ0) is 16.2. The Kier molecular flexibility index (Phi) is 4.93. The van der Waals surface area contributed by atoms with Gasteiger partial charge in [0.05, 0.1) is 0 Å². The largest absolute Gasteiger partial charge is 0.473 e. The van der Waals surface area contributed by atoms with Crippen molar-refractivity contribution >= 4 is 23.4 Å². The number of nitrogens with one attached hydrogen (secondary N) is 1. The minimum absolute atomic E-state index is 0.421. The van der Waals surface area contributed by atoms with Gasteiger partial charge >= 0.3 is 0 Å². The van der Waals surface area contributed by atoms with Gasteiger partial charge in [-0.15, -0.1) is 0 Å². The van der Waals surface area contributed by atoms with Crippen LogP contribution in [0.1, 0.15) is 12.5 Å². The zero-order valence-corrected chi connectivity index (χ0v) is 13.6. The molecule has 0 aromatic heterocycles. The number of halogens is 1. The highest BCUT2D eigenvalue weighted by Gasteiger charge is 2.37. The quantitative estimate of drug-likeness (QED) is 0.860. The number of hydrogen-bond donors (Lipinski definition) is 1. The Bertz CT molecular complexity index is 646. The molecule has 5 heteroatoms. The van der Waals surface area contributed by atoms with Crippen LogP contribution >= 0.6 is 11.8 Å². The van der Waals surface area contributed by atoms with Crippen molar-refractivity contribution < 1.29 is 9.53 Å². The molecule has 2 rings (SSSR count). The number of hydrogen-bond acceptors (Lipinski definition) is 3. The van der Waals surface area contributed by atoms with Crippen LogP contribution in [0.15, 0.2) is 54.6 Å². The fourth-order valence-corrected chi connectivity index (χ4v) is 2.32. The number of carbonyl (C=O) groups is 1. The molecule has 4 nitrogen and oxygen atoms in total. The fraction of sp³-hybridized carbons (Fsp3) is 0.235. The normalized spacial score (nSPS) is 13.1. The highest BCUT2D eigenvalue weighted by atomic mass is 35.5. The summed E-state index contributed by atoms with van der Waals surface area (Å²) in [6.45, 7) is 1.70. The van der Waals surface area contributed by atoms with Gasteiger partial charge in [0.25, 0.3) is 5.91 Å². The van der Waals surface area contributed by atoms with E-state index in [0.717, 1.165) is 11.3 Å². The summed E-state index contributed by atoms with van der Waals surface area (Å²) in [7, 11) is 3.89. The lowest BCUT2D eigenvalue weighted by molar-refractivity contribution is -0.134. The molecule has 0 saturated heterocycles. The van der Waals surface area contributed by atoms with E-state index in [1.54, 1.807) is 6.92 Å². The van der Waals surface area contributed by atoms with Crippen LogP contribution in [0, 0.1) is 0 Å². The van der Waals surface area contributed by atoms with Crippen molar-refractivity contribution in [2.24, 2.45) is 0 Å². The van der Waals surface area contributed by atoms with Gasteiger partial charge in [0.15, 0.2) is 0 Å². The second-order valence-electron chi connectivity index (χ2n) is 5.32. The van der Waals surface area contributed by atoms with Crippen LogP contribution in [0.4, 0.5) is 5.69 Å². The molecule has 22 heavy (non-hydrogen) atoms. The molecule has 2 aromatic rings. The van der Waals surface area contributed by atoms with E-state index in [2.05, 4.69) is 4.84 Å². The van der Waals surface area contributed by atoms with Crippen LogP contribution in [0.25, 0.3) is 0 Å². The fourth-order valence-electron chi connectivity index (χ4n) is 2.14. The molecule has 116 valence electrons. The van der Waals surface area contributed by atoms with Gasteiger partial charge in [0.2, 0.25) is 5.60 Å². The molecular formula is C17H19ClN2O2. The number of rotatable bonds is 5. The third kappa shape index (κ3) is 3.34. The van der Waals surface area contributed by atoms with Crippen LogP contribution in [0.3, 0.4) is 0 Å². The number of amides is 1. The number of ether oxygens (including phenoxy) is 1. The van der Waals surface area contributed by atoms with Crippen LogP contribution < -0.4 is 14.5 Å². The third-order valence-electron chi connectivity index (χ3n) is 3.50. The predicted molar refractivity (Wildman–Crippen MR) is 89.2 cm³/mol. The second kappa shape index (κ2) is 6.71. The first-order valence-electron chi connectivity index (χ1n) is 6.90. The van der Waals surface area contributed by atoms with Gasteiger partial charge in [0, 0.05) is 43.2 Å². The molecule has 0 heterocycles. The Morgan fingerprint density at radius 1 is 1.14 bits per heavy atom. The van der Waals surface area contributed by atoms with Gasteiger partial charge < -0.3 is 9.64 Å². The lowest BCUT2D eigenvalue weighted by atomic mass is 9.95. The molecule has 0 bridgehead atoms. The van der Waals surface area contributed by atoms with Gasteiger partial charge in [-0.05, 0) is 19.1 Å². The second-order valence-corrected chi connectivity index (χ2v) is 5.51. The van der Waals surface area contributed by atoms with Gasteiger partial charge in [-0.2, -0.15) is 0 Å². The first kappa shape index (κ1) is 16.2. The van der Waals surface area contributed by atoms with Crippen molar-refractivity contribution in [1.82, 2.24) is 4.84 Å². The number of benzene rings is 2. The number of nitrogens with zero attached hydrogens (tertiary/aromatic N) is 1. The summed E-state index contributed by atoms with van der Waals surface area (Å²) in [4.78, 5) is 16.4. The summed E-state index contributed by atoms with van der Waals surface area (Å²) in [5, 5.41) is 0. The van der Waals surface area contributed by atoms with E-state index >= 15 is 0 Å². The monoisotopic (exact) mass is 318 g/mol. The lowest BCUT2D eigenvalue weighted by Gasteiger charge is -2.29. The molecular weight excluding hydrogens is 300 g/mol. The van der Waals surface area contributed by atoms with E-state index in [9.17, 15) is 4.79 Å². The molecule has 0 aliphatic rings. The zero-order valence-electron chi connectivity index (χ0n) is 12.8. The molecule has 0 fully saturated rings. The summed E-state index contributed by atoms with van der Waals surface area (Å²) < 4.78 is 6.01. The summed E-state index contributed by atoms with van der Waals surface area (Å²) in [6.07, 6.45) is 0. The number of carbonyl (C=O) groups excluding carboxylic acids is 1. The average Bonchev–Trinajstić information content (AvgIpc) is 2.55. The van der Waals surface area contributed by atoms with E-state index in [4.69, 9.17) is 16.5 Å². The van der Waals surface area contributed by atoms with Crippen LogP contribution in [-0.4, -0.2) is 20.0 Å². The Hall–Kier alpha value is -2.20. The Labute approximate surface area is 135 Å². The molecule has 0 spiro atoms. The average molecular weight is 319 g/mol. The van der Waals surface area contributed by atoms with Crippen molar-refractivity contribution in [2.45, 2.75) is 12.5 Å². The van der Waals surface area contributed by atoms with Crippen LogP contribution in [0.2, 0.25) is 0 Å². The van der Waals surface area contributed by atoms with Gasteiger partial charge in [0.1, 0.15) is 5.75 Å². The van der Waals surface area contributed by atoms with Crippen LogP contribution in [-0.2, 0) is 10.4 Å². The Balaban J connectivity index is 2.40. The first-order chi connectivity index (χ1) is 10.5. The van der Waals surface area contributed by atoms with Crippen molar-refractivity contribution in [3.05, 3.63) is 60.2 Å². The topological polar surface area (TPSA) is 41.6 Å². The predicted octanol–water partition coefficient (Wildman–Crippen LogP) is 3.32. The molecule has 1 N–H and O–H groups in total. The molecule has 0 saturated carbocycles. The summed E-state index contributed by atoms with van der Waals surface area (Å²) in [5.41, 5.74) is 0.496. The van der Waals surface area contributed by atoms with E-state index in [1.807, 2.05) is 73.6 Å². The van der Waals surface area contributed by atoms with Gasteiger partial charge in [-0.1, -0.05) is 36.4 Å². The van der Waals surface area contributed by atoms with E-state index in [1.165, 1.54) is 0 Å². The maximum atomic E-state index is 12.3. The summed E-state index contributed by atoms with van der Waals surface area (Å²) in [5.74, 6) is 0.174. The lowest BCUT2D eigenvalue weighted by Crippen LogP contribution is -2.43. The molecule has 0 radical (unpaired) electrons. The van der Waals surface area contributed by atoms with Crippen molar-refractivity contribution in [1.29, 1.82) is 0 Å². The Morgan fingerprint density at radius 3 is 2.41 bits per heavy atom. The molecule has 1 amide bonds. The Morgan fingerprint density at radius 2 is 1.82 bits per heavy atom. The smallest absolute Gasteiger partial charge is 0.282 e. The summed E-state index contributed by atoms with van der Waals surface area (Å²) in [6, 6.07) is 16.8. The SMILES string of the molecule is CN(C)c1cccc(OC(C)(C(=O)NCl)c2ccccc2)c1. The van der Waals surface area contributed by atoms with E-state index < -0.39 is 11.5 Å². The van der Waals surface area contributed by atoms with Gasteiger partial charge in [-0.3, -0.25) is 9.63 Å². The minimum Gasteiger partial charge on any atom is -0.473 e. The maximum Gasteiger partial charge on any atom is 0.282 e. The van der Waals surface area contributed by atoms with Crippen molar-refractivity contribution in [2.75, 3.05) is 19.0 Å². The van der Waals surface area contributed by atoms with Gasteiger partial charge in [-0.25, -0.2) is 0 Å². The maximum absolute atomic E-state index is 12.3. The number of anilines is 1. The first-order valence-corrected chi connectivity index (χ1v) is 7.28.